The molecular weight excluding hydrogens is 250 g/mol. The number of ether oxygens (including phenoxy) is 2. The maximum Gasteiger partial charge on any atom is 0.123 e. The van der Waals surface area contributed by atoms with Crippen LogP contribution in [0.5, 0.6) is 11.5 Å². The van der Waals surface area contributed by atoms with Crippen LogP contribution in [0.1, 0.15) is 46.0 Å². The van der Waals surface area contributed by atoms with Gasteiger partial charge >= 0.3 is 0 Å². The van der Waals surface area contributed by atoms with Gasteiger partial charge in [-0.3, -0.25) is 0 Å². The second-order valence-corrected chi connectivity index (χ2v) is 5.37. The number of rotatable bonds is 6. The maximum atomic E-state index is 6.24. The van der Waals surface area contributed by atoms with Crippen LogP contribution >= 0.6 is 0 Å². The third kappa shape index (κ3) is 4.41. The van der Waals surface area contributed by atoms with Gasteiger partial charge in [-0.25, -0.2) is 0 Å². The van der Waals surface area contributed by atoms with Crippen molar-refractivity contribution in [3.8, 4) is 11.5 Å². The van der Waals surface area contributed by atoms with Gasteiger partial charge in [0, 0.05) is 12.1 Å². The molecule has 1 fully saturated rings. The van der Waals surface area contributed by atoms with Gasteiger partial charge in [0.2, 0.25) is 0 Å². The van der Waals surface area contributed by atoms with Crippen LogP contribution in [0, 0.1) is 0 Å². The topological polar surface area (TPSA) is 30.5 Å². The van der Waals surface area contributed by atoms with E-state index in [0.717, 1.165) is 24.5 Å². The van der Waals surface area contributed by atoms with Crippen molar-refractivity contribution < 1.29 is 9.47 Å². The average Bonchev–Trinajstić information content (AvgIpc) is 2.66. The molecule has 0 aliphatic heterocycles. The molecule has 20 heavy (non-hydrogen) atoms. The van der Waals surface area contributed by atoms with E-state index in [4.69, 9.17) is 9.47 Å². The lowest BCUT2D eigenvalue weighted by Crippen LogP contribution is -2.42. The summed E-state index contributed by atoms with van der Waals surface area (Å²) < 4.78 is 11.8. The van der Waals surface area contributed by atoms with Gasteiger partial charge in [0.1, 0.15) is 17.6 Å². The van der Waals surface area contributed by atoms with Gasteiger partial charge in [0.25, 0.3) is 0 Å². The highest BCUT2D eigenvalue weighted by atomic mass is 16.5. The molecule has 1 saturated carbocycles. The SMILES string of the molecule is CCNC1CCCCCC1Oc1cccc(OCC)c1. The molecule has 0 radical (unpaired) electrons. The summed E-state index contributed by atoms with van der Waals surface area (Å²) in [6.45, 7) is 5.86. The Balaban J connectivity index is 2.03. The molecule has 2 rings (SSSR count). The summed E-state index contributed by atoms with van der Waals surface area (Å²) in [5, 5.41) is 3.58. The fraction of sp³-hybridized carbons (Fsp3) is 0.647. The van der Waals surface area contributed by atoms with Crippen molar-refractivity contribution in [2.24, 2.45) is 0 Å². The number of likely N-dealkylation sites (N-methyl/N-ethyl adjacent to an activating group) is 1. The first-order valence-electron chi connectivity index (χ1n) is 7.96. The quantitative estimate of drug-likeness (QED) is 0.803. The first-order chi connectivity index (χ1) is 9.83. The van der Waals surface area contributed by atoms with Gasteiger partial charge < -0.3 is 14.8 Å². The number of nitrogens with one attached hydrogen (secondary N) is 1. The number of hydrogen-bond donors (Lipinski definition) is 1. The zero-order chi connectivity index (χ0) is 14.2. The van der Waals surface area contributed by atoms with Crippen molar-refractivity contribution in [2.75, 3.05) is 13.2 Å². The van der Waals surface area contributed by atoms with Gasteiger partial charge in [-0.05, 0) is 44.9 Å². The number of hydrogen-bond acceptors (Lipinski definition) is 3. The molecule has 0 spiro atoms. The first-order valence-corrected chi connectivity index (χ1v) is 7.96. The molecule has 3 heteroatoms. The average molecular weight is 277 g/mol. The fourth-order valence-electron chi connectivity index (χ4n) is 2.89. The molecule has 1 aromatic carbocycles. The molecule has 0 saturated heterocycles. The summed E-state index contributed by atoms with van der Waals surface area (Å²) in [6, 6.07) is 8.47. The maximum absolute atomic E-state index is 6.24. The highest BCUT2D eigenvalue weighted by Gasteiger charge is 2.24. The van der Waals surface area contributed by atoms with E-state index in [0.29, 0.717) is 12.6 Å². The van der Waals surface area contributed by atoms with E-state index in [1.54, 1.807) is 0 Å². The lowest BCUT2D eigenvalue weighted by molar-refractivity contribution is 0.145. The summed E-state index contributed by atoms with van der Waals surface area (Å²) in [7, 11) is 0. The summed E-state index contributed by atoms with van der Waals surface area (Å²) in [4.78, 5) is 0. The van der Waals surface area contributed by atoms with E-state index in [2.05, 4.69) is 12.2 Å². The fourth-order valence-corrected chi connectivity index (χ4v) is 2.89. The molecule has 1 aliphatic carbocycles. The Labute approximate surface area is 122 Å². The molecule has 0 bridgehead atoms. The zero-order valence-electron chi connectivity index (χ0n) is 12.7. The van der Waals surface area contributed by atoms with Gasteiger partial charge in [-0.2, -0.15) is 0 Å². The minimum atomic E-state index is 0.273. The molecule has 1 aromatic rings. The van der Waals surface area contributed by atoms with Crippen molar-refractivity contribution >= 4 is 0 Å². The Morgan fingerprint density at radius 1 is 1.10 bits per heavy atom. The van der Waals surface area contributed by atoms with E-state index in [1.807, 2.05) is 31.2 Å². The molecule has 2 unspecified atom stereocenters. The van der Waals surface area contributed by atoms with Gasteiger partial charge in [0.15, 0.2) is 0 Å². The summed E-state index contributed by atoms with van der Waals surface area (Å²) >= 11 is 0. The Morgan fingerprint density at radius 3 is 2.70 bits per heavy atom. The van der Waals surface area contributed by atoms with Crippen LogP contribution < -0.4 is 14.8 Å². The lowest BCUT2D eigenvalue weighted by atomic mass is 10.1. The van der Waals surface area contributed by atoms with Crippen LogP contribution in [0.15, 0.2) is 24.3 Å². The molecule has 0 aromatic heterocycles. The standard InChI is InChI=1S/C17H27NO2/c1-3-18-16-11-6-5-7-12-17(16)20-15-10-8-9-14(13-15)19-4-2/h8-10,13,16-18H,3-7,11-12H2,1-2H3. The van der Waals surface area contributed by atoms with Crippen molar-refractivity contribution in [1.82, 2.24) is 5.32 Å². The van der Waals surface area contributed by atoms with Crippen LogP contribution in [0.3, 0.4) is 0 Å². The normalized spacial score (nSPS) is 23.1. The predicted molar refractivity (Wildman–Crippen MR) is 82.6 cm³/mol. The summed E-state index contributed by atoms with van der Waals surface area (Å²) in [5.74, 6) is 1.81. The third-order valence-corrected chi connectivity index (χ3v) is 3.82. The minimum Gasteiger partial charge on any atom is -0.494 e. The van der Waals surface area contributed by atoms with Crippen molar-refractivity contribution in [2.45, 2.75) is 58.1 Å². The Hall–Kier alpha value is -1.22. The smallest absolute Gasteiger partial charge is 0.123 e. The van der Waals surface area contributed by atoms with Crippen molar-refractivity contribution in [3.63, 3.8) is 0 Å². The van der Waals surface area contributed by atoms with Crippen LogP contribution in [0.2, 0.25) is 0 Å². The zero-order valence-corrected chi connectivity index (χ0v) is 12.7. The molecule has 3 nitrogen and oxygen atoms in total. The Kier molecular flexibility index (Phi) is 6.19. The van der Waals surface area contributed by atoms with Gasteiger partial charge in [-0.15, -0.1) is 0 Å². The predicted octanol–water partition coefficient (Wildman–Crippen LogP) is 3.77. The molecule has 1 aliphatic rings. The molecule has 1 N–H and O–H groups in total. The third-order valence-electron chi connectivity index (χ3n) is 3.82. The number of benzene rings is 1. The molecule has 112 valence electrons. The van der Waals surface area contributed by atoms with E-state index in [1.165, 1.54) is 25.7 Å². The van der Waals surface area contributed by atoms with Crippen LogP contribution in [0.25, 0.3) is 0 Å². The monoisotopic (exact) mass is 277 g/mol. The van der Waals surface area contributed by atoms with E-state index >= 15 is 0 Å². The van der Waals surface area contributed by atoms with E-state index in [-0.39, 0.29) is 6.10 Å². The minimum absolute atomic E-state index is 0.273. The van der Waals surface area contributed by atoms with E-state index in [9.17, 15) is 0 Å². The molecule has 2 atom stereocenters. The highest BCUT2D eigenvalue weighted by molar-refractivity contribution is 5.33. The van der Waals surface area contributed by atoms with Crippen LogP contribution in [0.4, 0.5) is 0 Å². The largest absolute Gasteiger partial charge is 0.494 e. The second-order valence-electron chi connectivity index (χ2n) is 5.37. The van der Waals surface area contributed by atoms with E-state index < -0.39 is 0 Å². The molecule has 0 heterocycles. The van der Waals surface area contributed by atoms with Crippen LogP contribution in [-0.4, -0.2) is 25.3 Å². The van der Waals surface area contributed by atoms with Gasteiger partial charge in [0.05, 0.1) is 6.61 Å². The molecular formula is C17H27NO2. The van der Waals surface area contributed by atoms with Gasteiger partial charge in [-0.1, -0.05) is 25.8 Å². The summed E-state index contributed by atoms with van der Waals surface area (Å²) in [6.07, 6.45) is 6.50. The lowest BCUT2D eigenvalue weighted by Gasteiger charge is -2.27. The highest BCUT2D eigenvalue weighted by Crippen LogP contribution is 2.26. The van der Waals surface area contributed by atoms with Crippen molar-refractivity contribution in [1.29, 1.82) is 0 Å². The first kappa shape index (κ1) is 15.2. The summed E-state index contributed by atoms with van der Waals surface area (Å²) in [5.41, 5.74) is 0. The second kappa shape index (κ2) is 8.15. The Bertz CT molecular complexity index is 394. The Morgan fingerprint density at radius 2 is 1.90 bits per heavy atom. The van der Waals surface area contributed by atoms with Crippen molar-refractivity contribution in [3.05, 3.63) is 24.3 Å². The van der Waals surface area contributed by atoms with Crippen LogP contribution in [-0.2, 0) is 0 Å². The molecule has 0 amide bonds.